The molecule has 192 valence electrons. The summed E-state index contributed by atoms with van der Waals surface area (Å²) < 4.78 is 39.9. The number of rotatable bonds is 9. The molecule has 1 N–H and O–H groups in total. The maximum Gasteiger partial charge on any atom is 0.338 e. The predicted molar refractivity (Wildman–Crippen MR) is 139 cm³/mol. The summed E-state index contributed by atoms with van der Waals surface area (Å²) in [7, 11) is -3.81. The largest absolute Gasteiger partial charge is 0.468 e. The molecule has 0 aliphatic heterocycles. The van der Waals surface area contributed by atoms with Crippen molar-refractivity contribution in [2.75, 3.05) is 0 Å². The number of furan rings is 1. The van der Waals surface area contributed by atoms with Crippen LogP contribution >= 0.6 is 11.6 Å². The molecule has 0 aliphatic carbocycles. The van der Waals surface area contributed by atoms with Crippen molar-refractivity contribution in [1.82, 2.24) is 9.29 Å². The normalized spacial score (nSPS) is 12.3. The molecule has 0 unspecified atom stereocenters. The number of esters is 1. The van der Waals surface area contributed by atoms with Gasteiger partial charge in [-0.15, -0.1) is 0 Å². The molecule has 2 aromatic carbocycles. The third-order valence-corrected chi connectivity index (χ3v) is 7.52. The average Bonchev–Trinajstić information content (AvgIpc) is 3.50. The molecule has 10 heteroatoms. The van der Waals surface area contributed by atoms with E-state index in [9.17, 15) is 18.0 Å². The highest BCUT2D eigenvalue weighted by molar-refractivity contribution is 7.89. The van der Waals surface area contributed by atoms with E-state index >= 15 is 0 Å². The fourth-order valence-corrected chi connectivity index (χ4v) is 5.05. The van der Waals surface area contributed by atoms with Crippen LogP contribution in [0.5, 0.6) is 0 Å². The Kier molecular flexibility index (Phi) is 7.68. The highest BCUT2D eigenvalue weighted by Gasteiger charge is 2.25. The average molecular weight is 541 g/mol. The lowest BCUT2D eigenvalue weighted by molar-refractivity contribution is 0.0318. The van der Waals surface area contributed by atoms with Gasteiger partial charge in [0.25, 0.3) is 0 Å². The monoisotopic (exact) mass is 540 g/mol. The van der Waals surface area contributed by atoms with Crippen molar-refractivity contribution in [2.24, 2.45) is 0 Å². The Bertz CT molecular complexity index is 1520. The predicted octanol–water partition coefficient (Wildman–Crippen LogP) is 5.25. The summed E-state index contributed by atoms with van der Waals surface area (Å²) in [5.41, 5.74) is 2.98. The second-order valence-electron chi connectivity index (χ2n) is 8.44. The first-order valence-corrected chi connectivity index (χ1v) is 13.2. The molecule has 2 aromatic heterocycles. The number of nitrogens with zero attached hydrogens (tertiary/aromatic N) is 1. The molecule has 1 atom stereocenters. The van der Waals surface area contributed by atoms with Gasteiger partial charge in [-0.2, -0.15) is 0 Å². The Morgan fingerprint density at radius 3 is 2.35 bits per heavy atom. The number of benzene rings is 2. The van der Waals surface area contributed by atoms with Crippen LogP contribution in [0.3, 0.4) is 0 Å². The molecular weight excluding hydrogens is 516 g/mol. The van der Waals surface area contributed by atoms with Crippen LogP contribution in [0.15, 0.2) is 82.3 Å². The van der Waals surface area contributed by atoms with Crippen LogP contribution < -0.4 is 4.72 Å². The van der Waals surface area contributed by atoms with Crippen molar-refractivity contribution in [3.63, 3.8) is 0 Å². The van der Waals surface area contributed by atoms with Crippen molar-refractivity contribution in [3.05, 3.63) is 106 Å². The second-order valence-corrected chi connectivity index (χ2v) is 10.6. The Labute approximate surface area is 219 Å². The van der Waals surface area contributed by atoms with Crippen LogP contribution in [0.4, 0.5) is 0 Å². The summed E-state index contributed by atoms with van der Waals surface area (Å²) in [6.07, 6.45) is 0.401. The first-order valence-electron chi connectivity index (χ1n) is 11.4. The van der Waals surface area contributed by atoms with Gasteiger partial charge in [-0.05, 0) is 87.5 Å². The molecule has 0 aliphatic rings. The third-order valence-electron chi connectivity index (χ3n) is 5.85. The Balaban J connectivity index is 1.43. The maximum atomic E-state index is 13.1. The first kappa shape index (κ1) is 26.4. The summed E-state index contributed by atoms with van der Waals surface area (Å²) >= 11 is 5.99. The van der Waals surface area contributed by atoms with Crippen LogP contribution in [0.2, 0.25) is 5.02 Å². The number of halogens is 1. The number of aromatic nitrogens is 1. The van der Waals surface area contributed by atoms with Crippen LogP contribution in [0.1, 0.15) is 44.8 Å². The molecular formula is C27H25ClN2O6S. The van der Waals surface area contributed by atoms with Crippen molar-refractivity contribution in [1.29, 1.82) is 0 Å². The zero-order valence-corrected chi connectivity index (χ0v) is 22.0. The number of carbonyl (C=O) groups is 2. The zero-order chi connectivity index (χ0) is 26.7. The van der Waals surface area contributed by atoms with E-state index in [0.29, 0.717) is 22.0 Å². The lowest BCUT2D eigenvalue weighted by Crippen LogP contribution is -2.25. The summed E-state index contributed by atoms with van der Waals surface area (Å²) in [6.45, 7) is 5.21. The molecule has 0 radical (unpaired) electrons. The van der Waals surface area contributed by atoms with E-state index in [1.54, 1.807) is 30.3 Å². The zero-order valence-electron chi connectivity index (χ0n) is 20.4. The minimum absolute atomic E-state index is 0.00259. The maximum absolute atomic E-state index is 13.1. The van der Waals surface area contributed by atoms with Crippen LogP contribution in [-0.4, -0.2) is 30.8 Å². The quantitative estimate of drug-likeness (QED) is 0.229. The number of sulfonamides is 1. The van der Waals surface area contributed by atoms with Gasteiger partial charge in [-0.3, -0.25) is 4.79 Å². The molecule has 2 heterocycles. The van der Waals surface area contributed by atoms with Gasteiger partial charge in [-0.1, -0.05) is 11.6 Å². The summed E-state index contributed by atoms with van der Waals surface area (Å²) in [6, 6.07) is 17.6. The first-order chi connectivity index (χ1) is 17.6. The topological polar surface area (TPSA) is 108 Å². The smallest absolute Gasteiger partial charge is 0.338 e. The fourth-order valence-electron chi connectivity index (χ4n) is 3.93. The van der Waals surface area contributed by atoms with Crippen LogP contribution in [0.25, 0.3) is 5.69 Å². The van der Waals surface area contributed by atoms with Crippen molar-refractivity contribution >= 4 is 33.4 Å². The molecule has 0 saturated carbocycles. The molecule has 4 aromatic rings. The van der Waals surface area contributed by atoms with Crippen molar-refractivity contribution in [3.8, 4) is 5.69 Å². The molecule has 0 fully saturated rings. The van der Waals surface area contributed by atoms with Gasteiger partial charge in [0.05, 0.1) is 23.3 Å². The number of aryl methyl sites for hydroxylation is 1. The van der Waals surface area contributed by atoms with Gasteiger partial charge in [-0.25, -0.2) is 17.9 Å². The Morgan fingerprint density at radius 1 is 1.05 bits per heavy atom. The summed E-state index contributed by atoms with van der Waals surface area (Å²) in [5.74, 6) is -0.612. The van der Waals surface area contributed by atoms with Crippen LogP contribution in [0, 0.1) is 13.8 Å². The van der Waals surface area contributed by atoms with E-state index in [-0.39, 0.29) is 22.8 Å². The van der Waals surface area contributed by atoms with Gasteiger partial charge in [0.15, 0.2) is 6.10 Å². The van der Waals surface area contributed by atoms with Crippen molar-refractivity contribution in [2.45, 2.75) is 38.3 Å². The van der Waals surface area contributed by atoms with Gasteiger partial charge < -0.3 is 13.7 Å². The molecule has 37 heavy (non-hydrogen) atoms. The van der Waals surface area contributed by atoms with Gasteiger partial charge in [0.2, 0.25) is 15.8 Å². The standard InChI is InChI=1S/C27H25ClN2O6S/c1-17-15-25(18(2)30(17)22-10-8-21(28)9-11-22)26(31)19(3)36-27(32)20-6-12-24(13-7-20)37(33,34)29-16-23-5-4-14-35-23/h4-15,19,29H,16H2,1-3H3/t19-/m1/s1. The van der Waals surface area contributed by atoms with Gasteiger partial charge >= 0.3 is 5.97 Å². The lowest BCUT2D eigenvalue weighted by Gasteiger charge is -2.14. The molecule has 4 rings (SSSR count). The number of hydrogen-bond acceptors (Lipinski definition) is 6. The van der Waals surface area contributed by atoms with E-state index in [2.05, 4.69) is 4.72 Å². The lowest BCUT2D eigenvalue weighted by atomic mass is 10.1. The van der Waals surface area contributed by atoms with Gasteiger partial charge in [0.1, 0.15) is 5.76 Å². The van der Waals surface area contributed by atoms with E-state index in [4.69, 9.17) is 20.8 Å². The van der Waals surface area contributed by atoms with E-state index in [1.165, 1.54) is 37.5 Å². The minimum atomic E-state index is -3.81. The fraction of sp³-hybridized carbons (Fsp3) is 0.185. The Hall–Kier alpha value is -3.66. The highest BCUT2D eigenvalue weighted by Crippen LogP contribution is 2.24. The number of carbonyl (C=O) groups excluding carboxylic acids is 2. The summed E-state index contributed by atoms with van der Waals surface area (Å²) in [5, 5.41) is 0.610. The number of ether oxygens (including phenoxy) is 1. The van der Waals surface area contributed by atoms with Crippen LogP contribution in [-0.2, 0) is 21.3 Å². The second kappa shape index (κ2) is 10.8. The molecule has 8 nitrogen and oxygen atoms in total. The van der Waals surface area contributed by atoms with E-state index in [0.717, 1.165) is 11.4 Å². The SMILES string of the molecule is Cc1cc(C(=O)[C@@H](C)OC(=O)c2ccc(S(=O)(=O)NCc3ccco3)cc2)c(C)n1-c1ccc(Cl)cc1. The number of nitrogens with one attached hydrogen (secondary N) is 1. The number of hydrogen-bond donors (Lipinski definition) is 1. The highest BCUT2D eigenvalue weighted by atomic mass is 35.5. The number of Topliss-reactive ketones (excluding diaryl/α,β-unsaturated/α-hetero) is 1. The van der Waals surface area contributed by atoms with Crippen molar-refractivity contribution < 1.29 is 27.2 Å². The third kappa shape index (κ3) is 5.85. The Morgan fingerprint density at radius 2 is 1.73 bits per heavy atom. The molecule has 0 saturated heterocycles. The van der Waals surface area contributed by atoms with E-state index < -0.39 is 22.1 Å². The molecule has 0 spiro atoms. The molecule has 0 amide bonds. The van der Waals surface area contributed by atoms with Gasteiger partial charge in [0, 0.05) is 27.7 Å². The summed E-state index contributed by atoms with van der Waals surface area (Å²) in [4.78, 5) is 25.8. The number of ketones is 1. The van der Waals surface area contributed by atoms with E-state index in [1.807, 2.05) is 30.5 Å². The minimum Gasteiger partial charge on any atom is -0.468 e. The molecule has 0 bridgehead atoms.